The lowest BCUT2D eigenvalue weighted by molar-refractivity contribution is -0.0251. The Hall–Kier alpha value is -0.820. The monoisotopic (exact) mass is 485 g/mol. The summed E-state index contributed by atoms with van der Waals surface area (Å²) in [5.41, 5.74) is 2.60. The van der Waals surface area contributed by atoms with E-state index in [1.54, 1.807) is 0 Å². The van der Waals surface area contributed by atoms with Gasteiger partial charge in [-0.2, -0.15) is 0 Å². The molecule has 4 nitrogen and oxygen atoms in total. The number of rotatable bonds is 4. The molecule has 0 spiro atoms. The third-order valence-electron chi connectivity index (χ3n) is 5.74. The van der Waals surface area contributed by atoms with Gasteiger partial charge >= 0.3 is 0 Å². The molecule has 0 saturated carbocycles. The van der Waals surface area contributed by atoms with Crippen LogP contribution in [0.25, 0.3) is 0 Å². The molecule has 0 aromatic heterocycles. The zero-order valence-corrected chi connectivity index (χ0v) is 19.4. The number of halogens is 1. The number of hydrogen-bond donors (Lipinski definition) is 1. The van der Waals surface area contributed by atoms with Crippen molar-refractivity contribution in [1.82, 2.24) is 10.2 Å². The van der Waals surface area contributed by atoms with Gasteiger partial charge in [-0.15, -0.1) is 24.0 Å². The third kappa shape index (κ3) is 6.34. The lowest BCUT2D eigenvalue weighted by Gasteiger charge is -2.34. The van der Waals surface area contributed by atoms with Gasteiger partial charge in [0.15, 0.2) is 5.96 Å². The lowest BCUT2D eigenvalue weighted by Crippen LogP contribution is -2.45. The maximum absolute atomic E-state index is 6.17. The summed E-state index contributed by atoms with van der Waals surface area (Å²) >= 11 is 0. The second-order valence-corrected chi connectivity index (χ2v) is 7.97. The predicted octanol–water partition coefficient (Wildman–Crippen LogP) is 4.78. The van der Waals surface area contributed by atoms with Crippen LogP contribution >= 0.6 is 24.0 Å². The van der Waals surface area contributed by atoms with E-state index in [2.05, 4.69) is 55.3 Å². The number of hydrogen-bond acceptors (Lipinski definition) is 2. The van der Waals surface area contributed by atoms with Crippen LogP contribution in [0.4, 0.5) is 0 Å². The molecule has 2 heterocycles. The summed E-state index contributed by atoms with van der Waals surface area (Å²) in [6, 6.07) is 8.82. The number of ether oxygens (including phenoxy) is 1. The fraction of sp³-hybridized carbons (Fsp3) is 0.682. The SMILES string of the molecule is CCNC(=NCC1CCCOC1c1ccc(C)cc1)N1CCC(C)CC1.I. The van der Waals surface area contributed by atoms with Gasteiger partial charge < -0.3 is 15.0 Å². The van der Waals surface area contributed by atoms with E-state index in [1.807, 2.05) is 0 Å². The van der Waals surface area contributed by atoms with Crippen molar-refractivity contribution in [3.8, 4) is 0 Å². The zero-order chi connectivity index (χ0) is 18.4. The molecule has 5 heteroatoms. The first-order valence-electron chi connectivity index (χ1n) is 10.4. The van der Waals surface area contributed by atoms with E-state index in [1.165, 1.54) is 30.4 Å². The van der Waals surface area contributed by atoms with Crippen molar-refractivity contribution in [3.05, 3.63) is 35.4 Å². The van der Waals surface area contributed by atoms with Gasteiger partial charge in [0.1, 0.15) is 0 Å². The Bertz CT molecular complexity index is 582. The average molecular weight is 485 g/mol. The fourth-order valence-electron chi connectivity index (χ4n) is 4.00. The quantitative estimate of drug-likeness (QED) is 0.379. The van der Waals surface area contributed by atoms with Gasteiger partial charge in [0.2, 0.25) is 0 Å². The lowest BCUT2D eigenvalue weighted by atomic mass is 9.89. The molecule has 2 unspecified atom stereocenters. The van der Waals surface area contributed by atoms with Gasteiger partial charge in [-0.05, 0) is 51.0 Å². The molecule has 2 saturated heterocycles. The molecule has 0 bridgehead atoms. The second-order valence-electron chi connectivity index (χ2n) is 7.97. The van der Waals surface area contributed by atoms with Crippen LogP contribution < -0.4 is 5.32 Å². The number of nitrogens with one attached hydrogen (secondary N) is 1. The number of nitrogens with zero attached hydrogens (tertiary/aromatic N) is 2. The van der Waals surface area contributed by atoms with E-state index in [0.29, 0.717) is 5.92 Å². The number of aryl methyl sites for hydroxylation is 1. The maximum Gasteiger partial charge on any atom is 0.193 e. The van der Waals surface area contributed by atoms with E-state index >= 15 is 0 Å². The van der Waals surface area contributed by atoms with E-state index < -0.39 is 0 Å². The molecule has 0 aliphatic carbocycles. The molecule has 152 valence electrons. The Balaban J connectivity index is 0.00000261. The Morgan fingerprint density at radius 2 is 1.89 bits per heavy atom. The molecule has 0 radical (unpaired) electrons. The fourth-order valence-corrected chi connectivity index (χ4v) is 4.00. The summed E-state index contributed by atoms with van der Waals surface area (Å²) < 4.78 is 6.17. The Morgan fingerprint density at radius 3 is 2.56 bits per heavy atom. The first-order chi connectivity index (χ1) is 12.7. The molecule has 27 heavy (non-hydrogen) atoms. The van der Waals surface area contributed by atoms with Crippen LogP contribution in [0.5, 0.6) is 0 Å². The maximum atomic E-state index is 6.17. The molecule has 2 aliphatic heterocycles. The smallest absolute Gasteiger partial charge is 0.193 e. The van der Waals surface area contributed by atoms with Crippen LogP contribution in [0, 0.1) is 18.8 Å². The Kier molecular flexibility index (Phi) is 9.36. The van der Waals surface area contributed by atoms with E-state index in [0.717, 1.165) is 51.1 Å². The highest BCUT2D eigenvalue weighted by atomic mass is 127. The van der Waals surface area contributed by atoms with Crippen LogP contribution in [0.3, 0.4) is 0 Å². The summed E-state index contributed by atoms with van der Waals surface area (Å²) in [6.07, 6.45) is 5.04. The molecule has 1 aromatic rings. The van der Waals surface area contributed by atoms with Crippen LogP contribution in [-0.2, 0) is 4.74 Å². The normalized spacial score (nSPS) is 24.4. The Labute approximate surface area is 182 Å². The Morgan fingerprint density at radius 1 is 1.19 bits per heavy atom. The van der Waals surface area contributed by atoms with Crippen molar-refractivity contribution in [2.75, 3.05) is 32.8 Å². The first kappa shape index (κ1) is 22.5. The summed E-state index contributed by atoms with van der Waals surface area (Å²) in [4.78, 5) is 7.47. The molecule has 0 amide bonds. The minimum Gasteiger partial charge on any atom is -0.373 e. The number of likely N-dealkylation sites (tertiary alicyclic amines) is 1. The molecule has 1 aromatic carbocycles. The molecule has 1 N–H and O–H groups in total. The average Bonchev–Trinajstić information content (AvgIpc) is 2.67. The largest absolute Gasteiger partial charge is 0.373 e. The minimum absolute atomic E-state index is 0. The number of piperidine rings is 1. The van der Waals surface area contributed by atoms with Crippen molar-refractivity contribution in [1.29, 1.82) is 0 Å². The van der Waals surface area contributed by atoms with Gasteiger partial charge in [-0.25, -0.2) is 0 Å². The summed E-state index contributed by atoms with van der Waals surface area (Å²) in [7, 11) is 0. The summed E-state index contributed by atoms with van der Waals surface area (Å²) in [5, 5.41) is 3.50. The molecular weight excluding hydrogens is 449 g/mol. The standard InChI is InChI=1S/C22H35N3O.HI/c1-4-23-22(25-13-11-18(3)12-14-25)24-16-20-6-5-15-26-21(20)19-9-7-17(2)8-10-19;/h7-10,18,20-21H,4-6,11-16H2,1-3H3,(H,23,24);1H. The van der Waals surface area contributed by atoms with Gasteiger partial charge in [-0.1, -0.05) is 36.8 Å². The van der Waals surface area contributed by atoms with Crippen LogP contribution in [0.1, 0.15) is 56.8 Å². The highest BCUT2D eigenvalue weighted by Gasteiger charge is 2.28. The second kappa shape index (κ2) is 11.2. The van der Waals surface area contributed by atoms with Crippen molar-refractivity contribution in [2.45, 2.75) is 52.6 Å². The van der Waals surface area contributed by atoms with Gasteiger partial charge in [0, 0.05) is 38.7 Å². The number of guanidine groups is 1. The summed E-state index contributed by atoms with van der Waals surface area (Å²) in [5.74, 6) is 2.39. The molecule has 3 rings (SSSR count). The first-order valence-corrected chi connectivity index (χ1v) is 10.4. The van der Waals surface area contributed by atoms with E-state index in [4.69, 9.17) is 9.73 Å². The van der Waals surface area contributed by atoms with Gasteiger partial charge in [0.05, 0.1) is 6.10 Å². The highest BCUT2D eigenvalue weighted by molar-refractivity contribution is 14.0. The van der Waals surface area contributed by atoms with Crippen LogP contribution in [-0.4, -0.2) is 43.6 Å². The van der Waals surface area contributed by atoms with Crippen molar-refractivity contribution >= 4 is 29.9 Å². The topological polar surface area (TPSA) is 36.9 Å². The molecular formula is C22H36IN3O. The minimum atomic E-state index is 0. The number of benzene rings is 1. The number of aliphatic imine (C=N–C) groups is 1. The summed E-state index contributed by atoms with van der Waals surface area (Å²) in [6.45, 7) is 11.5. The van der Waals surface area contributed by atoms with E-state index in [9.17, 15) is 0 Å². The third-order valence-corrected chi connectivity index (χ3v) is 5.74. The van der Waals surface area contributed by atoms with Gasteiger partial charge in [0.25, 0.3) is 0 Å². The van der Waals surface area contributed by atoms with E-state index in [-0.39, 0.29) is 30.1 Å². The van der Waals surface area contributed by atoms with Crippen LogP contribution in [0.2, 0.25) is 0 Å². The molecule has 2 aliphatic rings. The predicted molar refractivity (Wildman–Crippen MR) is 124 cm³/mol. The molecule has 2 atom stereocenters. The van der Waals surface area contributed by atoms with Crippen LogP contribution in [0.15, 0.2) is 29.3 Å². The zero-order valence-electron chi connectivity index (χ0n) is 17.1. The van der Waals surface area contributed by atoms with Crippen molar-refractivity contribution in [3.63, 3.8) is 0 Å². The molecule has 2 fully saturated rings. The van der Waals surface area contributed by atoms with Crippen molar-refractivity contribution in [2.24, 2.45) is 16.8 Å². The van der Waals surface area contributed by atoms with Gasteiger partial charge in [-0.3, -0.25) is 4.99 Å². The van der Waals surface area contributed by atoms with Crippen molar-refractivity contribution < 1.29 is 4.74 Å². The highest BCUT2D eigenvalue weighted by Crippen LogP contribution is 2.34.